The van der Waals surface area contributed by atoms with Gasteiger partial charge in [-0.05, 0) is 24.7 Å². The molecule has 1 aromatic heterocycles. The molecule has 0 bridgehead atoms. The number of hydrogen-bond donors (Lipinski definition) is 1. The molecule has 104 valence electrons. The highest BCUT2D eigenvalue weighted by atomic mass is 16.5. The molecular weight excluding hydrogens is 238 g/mol. The fourth-order valence-electron chi connectivity index (χ4n) is 2.90. The summed E-state index contributed by atoms with van der Waals surface area (Å²) in [6, 6.07) is 0. The lowest BCUT2D eigenvalue weighted by molar-refractivity contribution is 0.0766. The van der Waals surface area contributed by atoms with Crippen LogP contribution in [0.15, 0.2) is 0 Å². The highest BCUT2D eigenvalue weighted by Crippen LogP contribution is 2.42. The summed E-state index contributed by atoms with van der Waals surface area (Å²) in [5.41, 5.74) is 3.75. The third-order valence-corrected chi connectivity index (χ3v) is 4.09. The van der Waals surface area contributed by atoms with Gasteiger partial charge in [-0.3, -0.25) is 0 Å². The van der Waals surface area contributed by atoms with Crippen LogP contribution in [0.3, 0.4) is 0 Å². The van der Waals surface area contributed by atoms with Crippen molar-refractivity contribution >= 4 is 0 Å². The molecule has 1 saturated carbocycles. The third-order valence-electron chi connectivity index (χ3n) is 4.09. The minimum Gasteiger partial charge on any atom is -0.373 e. The van der Waals surface area contributed by atoms with Crippen LogP contribution < -0.4 is 5.32 Å². The van der Waals surface area contributed by atoms with Crippen molar-refractivity contribution in [1.82, 2.24) is 15.3 Å². The summed E-state index contributed by atoms with van der Waals surface area (Å²) in [4.78, 5) is 9.65. The number of nitrogens with zero attached hydrogens (tertiary/aromatic N) is 2. The molecule has 1 aromatic rings. The smallest absolute Gasteiger partial charge is 0.157 e. The number of fused-ring (bicyclic) bond motifs is 1. The molecule has 1 aliphatic heterocycles. The van der Waals surface area contributed by atoms with Crippen molar-refractivity contribution in [2.45, 2.75) is 51.7 Å². The first-order valence-corrected chi connectivity index (χ1v) is 7.33. The molecule has 1 fully saturated rings. The number of aromatic nitrogens is 2. The Hall–Kier alpha value is -1.00. The van der Waals surface area contributed by atoms with Crippen molar-refractivity contribution in [3.05, 3.63) is 22.8 Å². The first-order chi connectivity index (χ1) is 9.20. The largest absolute Gasteiger partial charge is 0.373 e. The van der Waals surface area contributed by atoms with Crippen LogP contribution in [-0.4, -0.2) is 23.6 Å². The van der Waals surface area contributed by atoms with Gasteiger partial charge in [-0.1, -0.05) is 13.8 Å². The Balaban J connectivity index is 2.03. The normalized spacial score (nSPS) is 20.4. The highest BCUT2D eigenvalue weighted by Gasteiger charge is 2.35. The first-order valence-electron chi connectivity index (χ1n) is 7.33. The fraction of sp³-hybridized carbons (Fsp3) is 0.733. The van der Waals surface area contributed by atoms with Crippen LogP contribution in [0, 0.1) is 5.92 Å². The van der Waals surface area contributed by atoms with Gasteiger partial charge < -0.3 is 10.1 Å². The molecule has 0 radical (unpaired) electrons. The zero-order valence-corrected chi connectivity index (χ0v) is 12.1. The van der Waals surface area contributed by atoms with Gasteiger partial charge in [0.1, 0.15) is 6.10 Å². The van der Waals surface area contributed by atoms with E-state index in [0.29, 0.717) is 11.8 Å². The van der Waals surface area contributed by atoms with Crippen LogP contribution in [-0.2, 0) is 17.7 Å². The lowest BCUT2D eigenvalue weighted by Gasteiger charge is -2.23. The van der Waals surface area contributed by atoms with Gasteiger partial charge in [0.15, 0.2) is 5.82 Å². The van der Waals surface area contributed by atoms with Gasteiger partial charge >= 0.3 is 0 Å². The zero-order valence-electron chi connectivity index (χ0n) is 12.1. The van der Waals surface area contributed by atoms with E-state index in [9.17, 15) is 0 Å². The molecule has 1 aliphatic carbocycles. The van der Waals surface area contributed by atoms with Gasteiger partial charge in [-0.15, -0.1) is 0 Å². The minimum atomic E-state index is 0.0951. The molecule has 0 saturated heterocycles. The monoisotopic (exact) mass is 261 g/mol. The Labute approximate surface area is 115 Å². The average Bonchev–Trinajstić information content (AvgIpc) is 3.23. The van der Waals surface area contributed by atoms with Crippen molar-refractivity contribution in [3.63, 3.8) is 0 Å². The zero-order chi connectivity index (χ0) is 13.4. The van der Waals surface area contributed by atoms with E-state index in [0.717, 1.165) is 25.3 Å². The summed E-state index contributed by atoms with van der Waals surface area (Å²) in [6.07, 6.45) is 3.60. The van der Waals surface area contributed by atoms with Crippen molar-refractivity contribution in [1.29, 1.82) is 0 Å². The second kappa shape index (κ2) is 5.17. The van der Waals surface area contributed by atoms with E-state index in [2.05, 4.69) is 19.2 Å². The van der Waals surface area contributed by atoms with Crippen LogP contribution in [0.5, 0.6) is 0 Å². The summed E-state index contributed by atoms with van der Waals surface area (Å²) >= 11 is 0. The maximum absolute atomic E-state index is 5.65. The van der Waals surface area contributed by atoms with Crippen molar-refractivity contribution in [2.24, 2.45) is 5.92 Å². The molecule has 2 heterocycles. The van der Waals surface area contributed by atoms with E-state index in [-0.39, 0.29) is 6.10 Å². The Morgan fingerprint density at radius 3 is 2.68 bits per heavy atom. The van der Waals surface area contributed by atoms with Gasteiger partial charge in [-0.2, -0.15) is 0 Å². The average molecular weight is 261 g/mol. The van der Waals surface area contributed by atoms with Crippen LogP contribution in [0.1, 0.15) is 61.5 Å². The topological polar surface area (TPSA) is 47.0 Å². The van der Waals surface area contributed by atoms with Crippen molar-refractivity contribution in [2.75, 3.05) is 13.7 Å². The molecule has 4 heteroatoms. The van der Waals surface area contributed by atoms with E-state index in [1.54, 1.807) is 7.11 Å². The standard InChI is InChI=1S/C15H23N3O/c1-9(2)13-11-8-16-7-6-12(11)17-15(18-13)14(19-3)10-4-5-10/h9-10,14,16H,4-8H2,1-3H3. The molecule has 0 spiro atoms. The van der Waals surface area contributed by atoms with E-state index >= 15 is 0 Å². The van der Waals surface area contributed by atoms with Crippen LogP contribution in [0.25, 0.3) is 0 Å². The molecular formula is C15H23N3O. The fourth-order valence-corrected chi connectivity index (χ4v) is 2.90. The van der Waals surface area contributed by atoms with Gasteiger partial charge in [0.25, 0.3) is 0 Å². The molecule has 2 aliphatic rings. The van der Waals surface area contributed by atoms with E-state index in [1.807, 2.05) is 0 Å². The number of ether oxygens (including phenoxy) is 1. The first kappa shape index (κ1) is 13.0. The third kappa shape index (κ3) is 2.51. The van der Waals surface area contributed by atoms with Gasteiger partial charge in [-0.25, -0.2) is 9.97 Å². The highest BCUT2D eigenvalue weighted by molar-refractivity contribution is 5.31. The predicted octanol–water partition coefficient (Wildman–Crippen LogP) is 2.34. The Bertz CT molecular complexity index is 469. The summed E-state index contributed by atoms with van der Waals surface area (Å²) in [7, 11) is 1.78. The molecule has 4 nitrogen and oxygen atoms in total. The molecule has 1 atom stereocenters. The second-order valence-electron chi connectivity index (χ2n) is 5.97. The molecule has 19 heavy (non-hydrogen) atoms. The van der Waals surface area contributed by atoms with Crippen molar-refractivity contribution < 1.29 is 4.74 Å². The summed E-state index contributed by atoms with van der Waals surface area (Å²) < 4.78 is 5.65. The van der Waals surface area contributed by atoms with Crippen LogP contribution in [0.2, 0.25) is 0 Å². The molecule has 0 aromatic carbocycles. The summed E-state index contributed by atoms with van der Waals surface area (Å²) in [5.74, 6) is 1.98. The van der Waals surface area contributed by atoms with Gasteiger partial charge in [0.05, 0.1) is 11.4 Å². The Morgan fingerprint density at radius 2 is 2.05 bits per heavy atom. The lowest BCUT2D eigenvalue weighted by Crippen LogP contribution is -2.28. The summed E-state index contributed by atoms with van der Waals surface area (Å²) in [6.45, 7) is 6.34. The number of hydrogen-bond acceptors (Lipinski definition) is 4. The number of rotatable bonds is 4. The molecule has 0 amide bonds. The van der Waals surface area contributed by atoms with Gasteiger partial charge in [0, 0.05) is 32.2 Å². The van der Waals surface area contributed by atoms with Gasteiger partial charge in [0.2, 0.25) is 0 Å². The van der Waals surface area contributed by atoms with E-state index < -0.39 is 0 Å². The maximum atomic E-state index is 5.65. The predicted molar refractivity (Wildman–Crippen MR) is 74.0 cm³/mol. The Kier molecular flexibility index (Phi) is 3.54. The number of nitrogens with one attached hydrogen (secondary N) is 1. The lowest BCUT2D eigenvalue weighted by atomic mass is 9.98. The van der Waals surface area contributed by atoms with Crippen LogP contribution in [0.4, 0.5) is 0 Å². The van der Waals surface area contributed by atoms with Crippen molar-refractivity contribution in [3.8, 4) is 0 Å². The number of methoxy groups -OCH3 is 1. The van der Waals surface area contributed by atoms with Crippen LogP contribution >= 0.6 is 0 Å². The second-order valence-corrected chi connectivity index (χ2v) is 5.97. The quantitative estimate of drug-likeness (QED) is 0.903. The van der Waals surface area contributed by atoms with E-state index in [4.69, 9.17) is 14.7 Å². The summed E-state index contributed by atoms with van der Waals surface area (Å²) in [5, 5.41) is 3.42. The SMILES string of the molecule is COC(c1nc2c(c(C(C)C)n1)CNCC2)C1CC1. The molecule has 3 rings (SSSR count). The maximum Gasteiger partial charge on any atom is 0.157 e. The minimum absolute atomic E-state index is 0.0951. The van der Waals surface area contributed by atoms with E-state index in [1.165, 1.54) is 29.8 Å². The molecule has 1 N–H and O–H groups in total. The Morgan fingerprint density at radius 1 is 1.26 bits per heavy atom. The molecule has 1 unspecified atom stereocenters.